The average Bonchev–Trinajstić information content (AvgIpc) is 3.07. The zero-order valence-corrected chi connectivity index (χ0v) is 28.9. The summed E-state index contributed by atoms with van der Waals surface area (Å²) < 4.78 is 28.0. The van der Waals surface area contributed by atoms with Crippen LogP contribution in [-0.2, 0) is 27.4 Å². The highest BCUT2D eigenvalue weighted by Gasteiger charge is 2.32. The third-order valence-corrected chi connectivity index (χ3v) is 7.76. The number of amides is 3. The maximum absolute atomic E-state index is 12.7. The zero-order chi connectivity index (χ0) is 35.5. The van der Waals surface area contributed by atoms with Crippen molar-refractivity contribution in [2.75, 3.05) is 27.4 Å². The Hall–Kier alpha value is -5.20. The molecule has 1 aliphatic heterocycles. The van der Waals surface area contributed by atoms with Gasteiger partial charge in [0.2, 0.25) is 0 Å². The highest BCUT2D eigenvalue weighted by Crippen LogP contribution is 2.36. The van der Waals surface area contributed by atoms with Crippen LogP contribution in [0, 0.1) is 0 Å². The quantitative estimate of drug-likeness (QED) is 0.0750. The fraction of sp³-hybridized carbons (Fsp3) is 0.257. The lowest BCUT2D eigenvalue weighted by atomic mass is 9.95. The summed E-state index contributed by atoms with van der Waals surface area (Å²) in [6, 6.07) is 12.3. The van der Waals surface area contributed by atoms with Gasteiger partial charge in [-0.25, -0.2) is 15.0 Å². The summed E-state index contributed by atoms with van der Waals surface area (Å²) >= 11 is 12.3. The van der Waals surface area contributed by atoms with Gasteiger partial charge in [-0.15, -0.1) is 6.58 Å². The number of esters is 1. The molecule has 3 N–H and O–H groups in total. The van der Waals surface area contributed by atoms with E-state index in [1.165, 1.54) is 20.4 Å². The van der Waals surface area contributed by atoms with Crippen molar-refractivity contribution in [3.05, 3.63) is 105 Å². The first-order valence-electron chi connectivity index (χ1n) is 15.0. The number of benzene rings is 3. The van der Waals surface area contributed by atoms with Crippen LogP contribution in [0.15, 0.2) is 77.6 Å². The molecule has 0 saturated heterocycles. The minimum Gasteiger partial charge on any atom is -0.493 e. The molecule has 0 fully saturated rings. The Labute approximate surface area is 294 Å². The second kappa shape index (κ2) is 17.3. The molecule has 49 heavy (non-hydrogen) atoms. The third kappa shape index (κ3) is 9.46. The lowest BCUT2D eigenvalue weighted by Gasteiger charge is -2.28. The monoisotopic (exact) mass is 710 g/mol. The Morgan fingerprint density at radius 2 is 1.78 bits per heavy atom. The minimum atomic E-state index is -0.790. The van der Waals surface area contributed by atoms with Crippen molar-refractivity contribution in [2.45, 2.75) is 32.9 Å². The Morgan fingerprint density at radius 1 is 1.00 bits per heavy atom. The van der Waals surface area contributed by atoms with Crippen LogP contribution in [0.3, 0.4) is 0 Å². The number of halogens is 2. The van der Waals surface area contributed by atoms with E-state index in [4.69, 9.17) is 46.9 Å². The first kappa shape index (κ1) is 36.6. The number of allylic oxidation sites excluding steroid dienone is 2. The van der Waals surface area contributed by atoms with Gasteiger partial charge >= 0.3 is 12.0 Å². The number of nitrogens with zero attached hydrogens (tertiary/aromatic N) is 1. The standard InChI is InChI=1S/C35H36Cl2N4O8/c1-6-8-23-13-21(14-29(46-5)33(23)49-18-24-9-11-25(36)16-26(24)37)17-38-41-30(42)19-48-27-12-10-22(15-28(27)45-4)32-31(34(43)47-7-2)20(3)39-35(44)40-32/h6,9-17,32H,1,7-8,18-19H2,2-5H3,(H,41,42)(H2,39,40,44)/b38-17-/t32-/m0/s1. The number of hydrazone groups is 1. The van der Waals surface area contributed by atoms with Crippen LogP contribution < -0.4 is 35.0 Å². The lowest BCUT2D eigenvalue weighted by Crippen LogP contribution is -2.45. The van der Waals surface area contributed by atoms with E-state index in [1.807, 2.05) is 6.07 Å². The highest BCUT2D eigenvalue weighted by atomic mass is 35.5. The predicted molar refractivity (Wildman–Crippen MR) is 186 cm³/mol. The van der Waals surface area contributed by atoms with Gasteiger partial charge in [0.15, 0.2) is 29.6 Å². The molecule has 1 atom stereocenters. The molecule has 0 aliphatic carbocycles. The predicted octanol–water partition coefficient (Wildman–Crippen LogP) is 6.04. The second-order valence-corrected chi connectivity index (χ2v) is 11.4. The number of nitrogens with one attached hydrogen (secondary N) is 3. The number of rotatable bonds is 15. The minimum absolute atomic E-state index is 0.173. The number of urea groups is 1. The van der Waals surface area contributed by atoms with E-state index >= 15 is 0 Å². The van der Waals surface area contributed by atoms with Gasteiger partial charge in [-0.3, -0.25) is 4.79 Å². The first-order chi connectivity index (χ1) is 23.6. The first-order valence-corrected chi connectivity index (χ1v) is 15.8. The molecular formula is C35H36Cl2N4O8. The Morgan fingerprint density at radius 3 is 2.47 bits per heavy atom. The van der Waals surface area contributed by atoms with Crippen LogP contribution in [0.1, 0.15) is 42.1 Å². The van der Waals surface area contributed by atoms with Crippen molar-refractivity contribution in [3.63, 3.8) is 0 Å². The maximum Gasteiger partial charge on any atom is 0.338 e. The number of hydrogen-bond acceptors (Lipinski definition) is 9. The van der Waals surface area contributed by atoms with Crippen LogP contribution in [0.25, 0.3) is 0 Å². The third-order valence-electron chi connectivity index (χ3n) is 7.17. The summed E-state index contributed by atoms with van der Waals surface area (Å²) in [4.78, 5) is 37.5. The number of carbonyl (C=O) groups excluding carboxylic acids is 3. The molecule has 0 bridgehead atoms. The molecule has 1 aliphatic rings. The van der Waals surface area contributed by atoms with Gasteiger partial charge in [-0.05, 0) is 67.8 Å². The molecule has 3 amide bonds. The number of carbonyl (C=O) groups is 3. The van der Waals surface area contributed by atoms with E-state index in [0.29, 0.717) is 44.8 Å². The van der Waals surface area contributed by atoms with Crippen molar-refractivity contribution < 1.29 is 38.1 Å². The van der Waals surface area contributed by atoms with Crippen LogP contribution >= 0.6 is 23.2 Å². The smallest absolute Gasteiger partial charge is 0.338 e. The normalized spacial score (nSPS) is 14.1. The van der Waals surface area contributed by atoms with E-state index in [2.05, 4.69) is 27.7 Å². The van der Waals surface area contributed by atoms with Gasteiger partial charge in [0.05, 0.1) is 38.7 Å². The van der Waals surface area contributed by atoms with Gasteiger partial charge in [0.1, 0.15) is 6.61 Å². The maximum atomic E-state index is 12.7. The van der Waals surface area contributed by atoms with Crippen molar-refractivity contribution in [3.8, 4) is 23.0 Å². The summed E-state index contributed by atoms with van der Waals surface area (Å²) in [6.07, 6.45) is 3.68. The molecule has 1 heterocycles. The topological polar surface area (TPSA) is 146 Å². The van der Waals surface area contributed by atoms with Crippen molar-refractivity contribution in [1.29, 1.82) is 0 Å². The average molecular weight is 712 g/mol. The van der Waals surface area contributed by atoms with Crippen molar-refractivity contribution in [1.82, 2.24) is 16.1 Å². The molecular weight excluding hydrogens is 675 g/mol. The Kier molecular flexibility index (Phi) is 12.9. The largest absolute Gasteiger partial charge is 0.493 e. The van der Waals surface area contributed by atoms with Gasteiger partial charge in [-0.2, -0.15) is 5.10 Å². The van der Waals surface area contributed by atoms with Gasteiger partial charge in [0.25, 0.3) is 5.91 Å². The van der Waals surface area contributed by atoms with Gasteiger partial charge in [-0.1, -0.05) is 41.4 Å². The molecule has 0 spiro atoms. The van der Waals surface area contributed by atoms with E-state index in [1.54, 1.807) is 62.4 Å². The fourth-order valence-corrected chi connectivity index (χ4v) is 5.39. The molecule has 0 radical (unpaired) electrons. The van der Waals surface area contributed by atoms with E-state index in [-0.39, 0.29) is 36.9 Å². The SMILES string of the molecule is C=CCc1cc(/C=N\NC(=O)COc2ccc([C@@H]3NC(=O)NC(C)=C3C(=O)OCC)cc2OC)cc(OC)c1OCc1ccc(Cl)cc1Cl. The second-order valence-electron chi connectivity index (χ2n) is 10.5. The van der Waals surface area contributed by atoms with Crippen LogP contribution in [0.2, 0.25) is 10.0 Å². The molecule has 0 saturated carbocycles. The Balaban J connectivity index is 1.42. The van der Waals surface area contributed by atoms with Crippen LogP contribution in [-0.4, -0.2) is 51.6 Å². The Bertz CT molecular complexity index is 1790. The van der Waals surface area contributed by atoms with E-state index < -0.39 is 23.9 Å². The van der Waals surface area contributed by atoms with Crippen molar-refractivity contribution >= 4 is 47.3 Å². The van der Waals surface area contributed by atoms with E-state index in [0.717, 1.165) is 11.1 Å². The van der Waals surface area contributed by atoms with Crippen LogP contribution in [0.5, 0.6) is 23.0 Å². The molecule has 12 nitrogen and oxygen atoms in total. The molecule has 4 rings (SSSR count). The van der Waals surface area contributed by atoms with Crippen molar-refractivity contribution in [2.24, 2.45) is 5.10 Å². The molecule has 3 aromatic carbocycles. The lowest BCUT2D eigenvalue weighted by molar-refractivity contribution is -0.139. The van der Waals surface area contributed by atoms with Crippen LogP contribution in [0.4, 0.5) is 4.79 Å². The fourth-order valence-electron chi connectivity index (χ4n) is 4.93. The number of ether oxygens (including phenoxy) is 5. The van der Waals surface area contributed by atoms with Gasteiger partial charge in [0, 0.05) is 26.9 Å². The molecule has 258 valence electrons. The number of methoxy groups -OCH3 is 2. The molecule has 0 unspecified atom stereocenters. The van der Waals surface area contributed by atoms with E-state index in [9.17, 15) is 14.4 Å². The summed E-state index contributed by atoms with van der Waals surface area (Å²) in [5, 5.41) is 10.4. The summed E-state index contributed by atoms with van der Waals surface area (Å²) in [6.45, 7) is 7.13. The highest BCUT2D eigenvalue weighted by molar-refractivity contribution is 6.35. The summed E-state index contributed by atoms with van der Waals surface area (Å²) in [5.41, 5.74) is 5.81. The molecule has 3 aromatic rings. The summed E-state index contributed by atoms with van der Waals surface area (Å²) in [7, 11) is 2.96. The molecule has 14 heteroatoms. The zero-order valence-electron chi connectivity index (χ0n) is 27.4. The van der Waals surface area contributed by atoms with Gasteiger partial charge < -0.3 is 34.3 Å². The summed E-state index contributed by atoms with van der Waals surface area (Å²) in [5.74, 6) is 0.430. The number of hydrogen-bond donors (Lipinski definition) is 3. The molecule has 0 aromatic heterocycles.